The molecule has 2 atom stereocenters. The van der Waals surface area contributed by atoms with E-state index in [9.17, 15) is 13.6 Å². The van der Waals surface area contributed by atoms with Crippen molar-refractivity contribution < 1.29 is 18.7 Å². The predicted molar refractivity (Wildman–Crippen MR) is 47.4 cm³/mol. The molecule has 0 aromatic carbocycles. The van der Waals surface area contributed by atoms with E-state index in [4.69, 9.17) is 5.11 Å². The third-order valence-corrected chi connectivity index (χ3v) is 2.75. The van der Waals surface area contributed by atoms with E-state index in [-0.39, 0.29) is 6.54 Å². The van der Waals surface area contributed by atoms with Crippen molar-refractivity contribution in [2.45, 2.75) is 32.2 Å². The second-order valence-electron chi connectivity index (χ2n) is 3.75. The molecule has 0 amide bonds. The van der Waals surface area contributed by atoms with Crippen molar-refractivity contribution in [3.05, 3.63) is 0 Å². The molecule has 1 aliphatic heterocycles. The molecule has 82 valence electrons. The Bertz CT molecular complexity index is 211. The number of halogens is 2. The number of aliphatic carboxylic acids is 1. The number of alkyl halides is 2. The maximum absolute atomic E-state index is 12.4. The molecule has 1 N–H and O–H groups in total. The standard InChI is InChI=1S/C9H15F2NO2/c1-6(9(13)14)12-4-2-3-7(5-12)8(10)11/h6-8H,2-5H2,1H3,(H,13,14)/t6-,7-/m0/s1. The van der Waals surface area contributed by atoms with Crippen molar-refractivity contribution in [1.82, 2.24) is 4.90 Å². The highest BCUT2D eigenvalue weighted by atomic mass is 19.3. The summed E-state index contributed by atoms with van der Waals surface area (Å²) in [4.78, 5) is 12.3. The van der Waals surface area contributed by atoms with E-state index < -0.39 is 24.4 Å². The Morgan fingerprint density at radius 3 is 2.71 bits per heavy atom. The Kier molecular flexibility index (Phi) is 3.80. The molecule has 0 bridgehead atoms. The van der Waals surface area contributed by atoms with Gasteiger partial charge >= 0.3 is 5.97 Å². The lowest BCUT2D eigenvalue weighted by atomic mass is 9.97. The first-order chi connectivity index (χ1) is 6.52. The molecule has 0 aromatic rings. The van der Waals surface area contributed by atoms with E-state index in [1.54, 1.807) is 4.90 Å². The van der Waals surface area contributed by atoms with Crippen molar-refractivity contribution in [3.8, 4) is 0 Å². The second-order valence-corrected chi connectivity index (χ2v) is 3.75. The Labute approximate surface area is 81.7 Å². The summed E-state index contributed by atoms with van der Waals surface area (Å²) in [6.07, 6.45) is -1.17. The average Bonchev–Trinajstić information content (AvgIpc) is 2.16. The highest BCUT2D eigenvalue weighted by Crippen LogP contribution is 2.23. The van der Waals surface area contributed by atoms with Gasteiger partial charge in [0.1, 0.15) is 6.04 Å². The van der Waals surface area contributed by atoms with Gasteiger partial charge in [0.25, 0.3) is 0 Å². The Balaban J connectivity index is 2.51. The predicted octanol–water partition coefficient (Wildman–Crippen LogP) is 1.44. The molecular weight excluding hydrogens is 192 g/mol. The fourth-order valence-electron chi connectivity index (χ4n) is 1.75. The second kappa shape index (κ2) is 4.68. The summed E-state index contributed by atoms with van der Waals surface area (Å²) < 4.78 is 24.8. The van der Waals surface area contributed by atoms with Gasteiger partial charge in [0.05, 0.1) is 0 Å². The monoisotopic (exact) mass is 207 g/mol. The first-order valence-corrected chi connectivity index (χ1v) is 4.77. The van der Waals surface area contributed by atoms with Gasteiger partial charge in [0.2, 0.25) is 6.43 Å². The maximum atomic E-state index is 12.4. The van der Waals surface area contributed by atoms with Gasteiger partial charge < -0.3 is 5.11 Å². The van der Waals surface area contributed by atoms with E-state index >= 15 is 0 Å². The lowest BCUT2D eigenvalue weighted by molar-refractivity contribution is -0.143. The molecule has 0 radical (unpaired) electrons. The van der Waals surface area contributed by atoms with Gasteiger partial charge in [0.15, 0.2) is 0 Å². The van der Waals surface area contributed by atoms with Crippen LogP contribution in [0.2, 0.25) is 0 Å². The molecule has 14 heavy (non-hydrogen) atoms. The third-order valence-electron chi connectivity index (χ3n) is 2.75. The quantitative estimate of drug-likeness (QED) is 0.761. The molecule has 1 rings (SSSR count). The molecule has 0 spiro atoms. The fourth-order valence-corrected chi connectivity index (χ4v) is 1.75. The van der Waals surface area contributed by atoms with Crippen LogP contribution in [0.4, 0.5) is 8.78 Å². The van der Waals surface area contributed by atoms with Crippen molar-refractivity contribution in [3.63, 3.8) is 0 Å². The minimum absolute atomic E-state index is 0.200. The molecule has 0 aromatic heterocycles. The number of nitrogens with zero attached hydrogens (tertiary/aromatic N) is 1. The SMILES string of the molecule is C[C@@H](C(=O)O)N1CCC[C@H](C(F)F)C1. The zero-order chi connectivity index (χ0) is 10.7. The zero-order valence-corrected chi connectivity index (χ0v) is 8.12. The van der Waals surface area contributed by atoms with Gasteiger partial charge in [-0.2, -0.15) is 0 Å². The number of hydrogen-bond acceptors (Lipinski definition) is 2. The van der Waals surface area contributed by atoms with Gasteiger partial charge in [-0.25, -0.2) is 8.78 Å². The number of carboxylic acid groups (broad SMARTS) is 1. The molecule has 1 heterocycles. The smallest absolute Gasteiger partial charge is 0.320 e. The highest BCUT2D eigenvalue weighted by Gasteiger charge is 2.31. The zero-order valence-electron chi connectivity index (χ0n) is 8.12. The molecule has 3 nitrogen and oxygen atoms in total. The van der Waals surface area contributed by atoms with Crippen LogP contribution < -0.4 is 0 Å². The van der Waals surface area contributed by atoms with Gasteiger partial charge in [-0.1, -0.05) is 0 Å². The van der Waals surface area contributed by atoms with Crippen LogP contribution in [0.25, 0.3) is 0 Å². The lowest BCUT2D eigenvalue weighted by Gasteiger charge is -2.34. The normalized spacial score (nSPS) is 26.4. The largest absolute Gasteiger partial charge is 0.480 e. The number of likely N-dealkylation sites (tertiary alicyclic amines) is 1. The molecule has 0 aliphatic carbocycles. The Morgan fingerprint density at radius 2 is 2.21 bits per heavy atom. The minimum atomic E-state index is -2.33. The molecule has 1 fully saturated rings. The summed E-state index contributed by atoms with van der Waals surface area (Å²) in [5.41, 5.74) is 0. The highest BCUT2D eigenvalue weighted by molar-refractivity contribution is 5.72. The van der Waals surface area contributed by atoms with Crippen LogP contribution in [0.15, 0.2) is 0 Å². The molecule has 0 unspecified atom stereocenters. The fraction of sp³-hybridized carbons (Fsp3) is 0.889. The Hall–Kier alpha value is -0.710. The summed E-state index contributed by atoms with van der Waals surface area (Å²) in [5.74, 6) is -1.61. The molecule has 1 aliphatic rings. The summed E-state index contributed by atoms with van der Waals surface area (Å²) in [5, 5.41) is 8.73. The Morgan fingerprint density at radius 1 is 1.57 bits per heavy atom. The van der Waals surface area contributed by atoms with E-state index in [0.717, 1.165) is 0 Å². The van der Waals surface area contributed by atoms with E-state index in [0.29, 0.717) is 19.4 Å². The third kappa shape index (κ3) is 2.64. The molecular formula is C9H15F2NO2. The average molecular weight is 207 g/mol. The molecule has 0 saturated carbocycles. The number of carbonyl (C=O) groups is 1. The van der Waals surface area contributed by atoms with Crippen molar-refractivity contribution in [2.24, 2.45) is 5.92 Å². The van der Waals surface area contributed by atoms with Crippen LogP contribution in [0.3, 0.4) is 0 Å². The number of carboxylic acids is 1. The van der Waals surface area contributed by atoms with E-state index in [1.165, 1.54) is 6.92 Å². The van der Waals surface area contributed by atoms with Crippen LogP contribution in [0, 0.1) is 5.92 Å². The van der Waals surface area contributed by atoms with Crippen LogP contribution in [0.1, 0.15) is 19.8 Å². The van der Waals surface area contributed by atoms with Gasteiger partial charge in [0, 0.05) is 12.5 Å². The van der Waals surface area contributed by atoms with Gasteiger partial charge in [-0.15, -0.1) is 0 Å². The maximum Gasteiger partial charge on any atom is 0.320 e. The van der Waals surface area contributed by atoms with Crippen molar-refractivity contribution in [1.29, 1.82) is 0 Å². The summed E-state index contributed by atoms with van der Waals surface area (Å²) in [6, 6.07) is -0.656. The van der Waals surface area contributed by atoms with E-state index in [2.05, 4.69) is 0 Å². The number of piperidine rings is 1. The lowest BCUT2D eigenvalue weighted by Crippen LogP contribution is -2.46. The first kappa shape index (κ1) is 11.4. The van der Waals surface area contributed by atoms with Crippen molar-refractivity contribution >= 4 is 5.97 Å². The topological polar surface area (TPSA) is 40.5 Å². The minimum Gasteiger partial charge on any atom is -0.480 e. The number of hydrogen-bond donors (Lipinski definition) is 1. The van der Waals surface area contributed by atoms with Gasteiger partial charge in [-0.3, -0.25) is 9.69 Å². The van der Waals surface area contributed by atoms with Crippen LogP contribution in [-0.2, 0) is 4.79 Å². The molecule has 5 heteroatoms. The summed E-state index contributed by atoms with van der Waals surface area (Å²) in [6.45, 7) is 2.35. The summed E-state index contributed by atoms with van der Waals surface area (Å²) in [7, 11) is 0. The summed E-state index contributed by atoms with van der Waals surface area (Å²) >= 11 is 0. The van der Waals surface area contributed by atoms with E-state index in [1.807, 2.05) is 0 Å². The first-order valence-electron chi connectivity index (χ1n) is 4.77. The van der Waals surface area contributed by atoms with Crippen LogP contribution in [0.5, 0.6) is 0 Å². The molecule has 1 saturated heterocycles. The number of rotatable bonds is 3. The van der Waals surface area contributed by atoms with Crippen molar-refractivity contribution in [2.75, 3.05) is 13.1 Å². The van der Waals surface area contributed by atoms with Gasteiger partial charge in [-0.05, 0) is 26.3 Å². The van der Waals surface area contributed by atoms with Crippen LogP contribution in [-0.4, -0.2) is 41.5 Å². The van der Waals surface area contributed by atoms with Crippen LogP contribution >= 0.6 is 0 Å².